The Balaban J connectivity index is 1.36. The van der Waals surface area contributed by atoms with E-state index in [4.69, 9.17) is 13.9 Å². The summed E-state index contributed by atoms with van der Waals surface area (Å²) >= 11 is 0. The van der Waals surface area contributed by atoms with Crippen molar-refractivity contribution in [1.29, 1.82) is 0 Å². The highest BCUT2D eigenvalue weighted by Crippen LogP contribution is 2.45. The smallest absolute Gasteiger partial charge is 0.291 e. The van der Waals surface area contributed by atoms with E-state index in [0.29, 0.717) is 17.4 Å². The zero-order chi connectivity index (χ0) is 17.3. The van der Waals surface area contributed by atoms with Crippen LogP contribution >= 0.6 is 0 Å². The lowest BCUT2D eigenvalue weighted by atomic mass is 9.66. The molecule has 1 saturated carbocycles. The topological polar surface area (TPSA) is 64.8 Å². The molecule has 6 heteroatoms. The standard InChI is InChI=1S/C19H28N2O4/c1-14-17(25-13-20-14)18(22)21-7-4-19(5-8-21)6-9-23-11-16(19)12-24-10-15-2-3-15/h13,15-16H,2-12H2,1H3/t16-/m1/s1. The molecule has 4 rings (SSSR count). The summed E-state index contributed by atoms with van der Waals surface area (Å²) in [7, 11) is 0. The SMILES string of the molecule is Cc1ncoc1C(=O)N1CCC2(CCOC[C@@H]2COCC2CC2)CC1. The van der Waals surface area contributed by atoms with Gasteiger partial charge < -0.3 is 18.8 Å². The molecule has 0 N–H and O–H groups in total. The van der Waals surface area contributed by atoms with Gasteiger partial charge in [0.05, 0.1) is 18.9 Å². The van der Waals surface area contributed by atoms with Gasteiger partial charge >= 0.3 is 0 Å². The van der Waals surface area contributed by atoms with E-state index < -0.39 is 0 Å². The molecular formula is C19H28N2O4. The zero-order valence-corrected chi connectivity index (χ0v) is 15.0. The summed E-state index contributed by atoms with van der Waals surface area (Å²) in [6.45, 7) is 6.69. The molecule has 0 radical (unpaired) electrons. The van der Waals surface area contributed by atoms with Gasteiger partial charge in [-0.1, -0.05) is 0 Å². The fourth-order valence-electron chi connectivity index (χ4n) is 4.23. The number of oxazole rings is 1. The molecular weight excluding hydrogens is 320 g/mol. The van der Waals surface area contributed by atoms with Crippen molar-refractivity contribution in [1.82, 2.24) is 9.88 Å². The summed E-state index contributed by atoms with van der Waals surface area (Å²) < 4.78 is 17.0. The summed E-state index contributed by atoms with van der Waals surface area (Å²) in [5, 5.41) is 0. The second-order valence-electron chi connectivity index (χ2n) is 7.92. The third-order valence-corrected chi connectivity index (χ3v) is 6.29. The average Bonchev–Trinajstić information content (AvgIpc) is 3.36. The quantitative estimate of drug-likeness (QED) is 0.818. The van der Waals surface area contributed by atoms with Crippen LogP contribution in [-0.4, -0.2) is 55.3 Å². The molecule has 0 bridgehead atoms. The van der Waals surface area contributed by atoms with Crippen molar-refractivity contribution in [2.45, 2.75) is 39.0 Å². The summed E-state index contributed by atoms with van der Waals surface area (Å²) in [6, 6.07) is 0. The fourth-order valence-corrected chi connectivity index (χ4v) is 4.23. The monoisotopic (exact) mass is 348 g/mol. The van der Waals surface area contributed by atoms with E-state index in [2.05, 4.69) is 4.98 Å². The molecule has 2 aliphatic heterocycles. The average molecular weight is 348 g/mol. The Bertz CT molecular complexity index is 602. The number of ether oxygens (including phenoxy) is 2. The van der Waals surface area contributed by atoms with E-state index in [1.54, 1.807) is 0 Å². The van der Waals surface area contributed by atoms with Crippen LogP contribution in [0.5, 0.6) is 0 Å². The van der Waals surface area contributed by atoms with Gasteiger partial charge in [-0.2, -0.15) is 0 Å². The van der Waals surface area contributed by atoms with Crippen molar-refractivity contribution in [3.63, 3.8) is 0 Å². The van der Waals surface area contributed by atoms with Crippen molar-refractivity contribution in [3.8, 4) is 0 Å². The van der Waals surface area contributed by atoms with Crippen LogP contribution in [0.3, 0.4) is 0 Å². The Morgan fingerprint density at radius 2 is 2.12 bits per heavy atom. The molecule has 1 aromatic rings. The van der Waals surface area contributed by atoms with E-state index >= 15 is 0 Å². The normalized spacial score (nSPS) is 26.1. The molecule has 3 aliphatic rings. The number of aromatic nitrogens is 1. The van der Waals surface area contributed by atoms with Gasteiger partial charge in [0.25, 0.3) is 5.91 Å². The lowest BCUT2D eigenvalue weighted by molar-refractivity contribution is -0.0977. The molecule has 1 amide bonds. The third kappa shape index (κ3) is 3.60. The Kier molecular flexibility index (Phi) is 4.82. The fraction of sp³-hybridized carbons (Fsp3) is 0.789. The van der Waals surface area contributed by atoms with Gasteiger partial charge in [0, 0.05) is 32.2 Å². The first kappa shape index (κ1) is 17.0. The predicted molar refractivity (Wildman–Crippen MR) is 91.3 cm³/mol. The van der Waals surface area contributed by atoms with Crippen LogP contribution < -0.4 is 0 Å². The number of likely N-dealkylation sites (tertiary alicyclic amines) is 1. The van der Waals surface area contributed by atoms with Crippen LogP contribution in [0.25, 0.3) is 0 Å². The minimum absolute atomic E-state index is 0.0292. The maximum atomic E-state index is 12.6. The molecule has 138 valence electrons. The number of amides is 1. The zero-order valence-electron chi connectivity index (χ0n) is 15.0. The lowest BCUT2D eigenvalue weighted by Crippen LogP contribution is -2.50. The van der Waals surface area contributed by atoms with Crippen molar-refractivity contribution >= 4 is 5.91 Å². The van der Waals surface area contributed by atoms with Crippen LogP contribution in [0.1, 0.15) is 48.4 Å². The number of carbonyl (C=O) groups is 1. The Morgan fingerprint density at radius 3 is 2.80 bits per heavy atom. The first-order valence-corrected chi connectivity index (χ1v) is 9.53. The summed E-state index contributed by atoms with van der Waals surface area (Å²) in [5.74, 6) is 1.60. The summed E-state index contributed by atoms with van der Waals surface area (Å²) in [6.07, 6.45) is 7.11. The Hall–Kier alpha value is -1.40. The van der Waals surface area contributed by atoms with Crippen LogP contribution in [0.15, 0.2) is 10.8 Å². The molecule has 1 atom stereocenters. The first-order chi connectivity index (χ1) is 12.2. The van der Waals surface area contributed by atoms with E-state index in [9.17, 15) is 4.79 Å². The molecule has 1 aromatic heterocycles. The van der Waals surface area contributed by atoms with E-state index in [1.807, 2.05) is 11.8 Å². The summed E-state index contributed by atoms with van der Waals surface area (Å²) in [4.78, 5) is 18.6. The molecule has 3 fully saturated rings. The minimum atomic E-state index is -0.0292. The maximum Gasteiger partial charge on any atom is 0.291 e. The molecule has 0 aromatic carbocycles. The molecule has 1 spiro atoms. The van der Waals surface area contributed by atoms with Gasteiger partial charge in [0.1, 0.15) is 0 Å². The van der Waals surface area contributed by atoms with E-state index in [-0.39, 0.29) is 11.3 Å². The molecule has 3 heterocycles. The van der Waals surface area contributed by atoms with Crippen LogP contribution in [0, 0.1) is 24.2 Å². The van der Waals surface area contributed by atoms with Crippen molar-refractivity contribution in [3.05, 3.63) is 17.8 Å². The minimum Gasteiger partial charge on any atom is -0.438 e. The van der Waals surface area contributed by atoms with Gasteiger partial charge in [-0.25, -0.2) is 4.98 Å². The van der Waals surface area contributed by atoms with Crippen LogP contribution in [-0.2, 0) is 9.47 Å². The second kappa shape index (κ2) is 7.08. The predicted octanol–water partition coefficient (Wildman–Crippen LogP) is 2.67. The Morgan fingerprint density at radius 1 is 1.32 bits per heavy atom. The number of piperidine rings is 1. The number of hydrogen-bond donors (Lipinski definition) is 0. The molecule has 2 saturated heterocycles. The van der Waals surface area contributed by atoms with Gasteiger partial charge in [0.2, 0.25) is 5.76 Å². The number of rotatable bonds is 5. The summed E-state index contributed by atoms with van der Waals surface area (Å²) in [5.41, 5.74) is 0.928. The third-order valence-electron chi connectivity index (χ3n) is 6.29. The number of nitrogens with zero attached hydrogens (tertiary/aromatic N) is 2. The van der Waals surface area contributed by atoms with Gasteiger partial charge in [0.15, 0.2) is 6.39 Å². The first-order valence-electron chi connectivity index (χ1n) is 9.53. The number of carbonyl (C=O) groups excluding carboxylic acids is 1. The number of aryl methyl sites for hydroxylation is 1. The van der Waals surface area contributed by atoms with Gasteiger partial charge in [-0.3, -0.25) is 4.79 Å². The second-order valence-corrected chi connectivity index (χ2v) is 7.92. The lowest BCUT2D eigenvalue weighted by Gasteiger charge is -2.48. The van der Waals surface area contributed by atoms with Gasteiger partial charge in [-0.05, 0) is 50.4 Å². The largest absolute Gasteiger partial charge is 0.438 e. The molecule has 25 heavy (non-hydrogen) atoms. The van der Waals surface area contributed by atoms with Gasteiger partial charge in [-0.15, -0.1) is 0 Å². The van der Waals surface area contributed by atoms with Crippen LogP contribution in [0.2, 0.25) is 0 Å². The Labute approximate surface area is 148 Å². The van der Waals surface area contributed by atoms with Crippen molar-refractivity contribution in [2.75, 3.05) is 39.5 Å². The van der Waals surface area contributed by atoms with E-state index in [0.717, 1.165) is 64.7 Å². The van der Waals surface area contributed by atoms with Crippen LogP contribution in [0.4, 0.5) is 0 Å². The molecule has 6 nitrogen and oxygen atoms in total. The maximum absolute atomic E-state index is 12.6. The highest BCUT2D eigenvalue weighted by molar-refractivity contribution is 5.92. The molecule has 1 aliphatic carbocycles. The highest BCUT2D eigenvalue weighted by atomic mass is 16.5. The van der Waals surface area contributed by atoms with E-state index in [1.165, 1.54) is 19.2 Å². The molecule has 0 unspecified atom stereocenters. The highest BCUT2D eigenvalue weighted by Gasteiger charge is 2.44. The van der Waals surface area contributed by atoms with Crippen molar-refractivity contribution in [2.24, 2.45) is 17.3 Å². The number of hydrogen-bond acceptors (Lipinski definition) is 5. The van der Waals surface area contributed by atoms with Crippen molar-refractivity contribution < 1.29 is 18.7 Å².